The largest absolute Gasteiger partial charge is 0.488 e. The lowest BCUT2D eigenvalue weighted by atomic mass is 10.1. The van der Waals surface area contributed by atoms with Gasteiger partial charge < -0.3 is 9.84 Å². The van der Waals surface area contributed by atoms with Crippen molar-refractivity contribution < 1.29 is 14.6 Å². The van der Waals surface area contributed by atoms with E-state index in [0.29, 0.717) is 6.61 Å². The Labute approximate surface area is 128 Å². The number of rotatable bonds is 5. The molecule has 21 heavy (non-hydrogen) atoms. The van der Waals surface area contributed by atoms with E-state index >= 15 is 0 Å². The SMILES string of the molecule is Cc1cc(C)c(C)c(OCc2ccc(C=CC(=O)O)s2)c1. The molecule has 1 aromatic heterocycles. The van der Waals surface area contributed by atoms with Crippen LogP contribution in [0.1, 0.15) is 26.4 Å². The summed E-state index contributed by atoms with van der Waals surface area (Å²) < 4.78 is 5.89. The van der Waals surface area contributed by atoms with Crippen molar-refractivity contribution in [2.24, 2.45) is 0 Å². The standard InChI is InChI=1S/C17H18O3S/c1-11-8-12(2)13(3)16(9-11)20-10-15-5-4-14(21-15)6-7-17(18)19/h4-9H,10H2,1-3H3,(H,18,19). The molecule has 2 rings (SSSR count). The van der Waals surface area contributed by atoms with E-state index < -0.39 is 5.97 Å². The van der Waals surface area contributed by atoms with Crippen molar-refractivity contribution in [1.29, 1.82) is 0 Å². The fourth-order valence-corrected chi connectivity index (χ4v) is 2.84. The molecule has 0 atom stereocenters. The van der Waals surface area contributed by atoms with E-state index in [1.807, 2.05) is 18.2 Å². The Bertz CT molecular complexity index is 683. The van der Waals surface area contributed by atoms with Crippen LogP contribution in [0.4, 0.5) is 0 Å². The molecule has 0 spiro atoms. The van der Waals surface area contributed by atoms with Gasteiger partial charge in [0.05, 0.1) is 0 Å². The smallest absolute Gasteiger partial charge is 0.328 e. The fraction of sp³-hybridized carbons (Fsp3) is 0.235. The van der Waals surface area contributed by atoms with Crippen LogP contribution in [-0.4, -0.2) is 11.1 Å². The molecule has 0 amide bonds. The highest BCUT2D eigenvalue weighted by Crippen LogP contribution is 2.26. The van der Waals surface area contributed by atoms with Crippen LogP contribution in [0.3, 0.4) is 0 Å². The second-order valence-electron chi connectivity index (χ2n) is 4.97. The third kappa shape index (κ3) is 4.20. The topological polar surface area (TPSA) is 46.5 Å². The maximum Gasteiger partial charge on any atom is 0.328 e. The van der Waals surface area contributed by atoms with E-state index in [-0.39, 0.29) is 0 Å². The minimum absolute atomic E-state index is 0.495. The monoisotopic (exact) mass is 302 g/mol. The Kier molecular flexibility index (Phi) is 4.81. The third-order valence-corrected chi connectivity index (χ3v) is 4.23. The molecule has 0 aliphatic rings. The summed E-state index contributed by atoms with van der Waals surface area (Å²) in [4.78, 5) is 12.5. The van der Waals surface area contributed by atoms with Crippen molar-refractivity contribution in [3.05, 3.63) is 56.8 Å². The number of thiophene rings is 1. The summed E-state index contributed by atoms with van der Waals surface area (Å²) in [7, 11) is 0. The van der Waals surface area contributed by atoms with E-state index in [2.05, 4.69) is 26.8 Å². The number of aryl methyl sites for hydroxylation is 2. The summed E-state index contributed by atoms with van der Waals surface area (Å²) in [5, 5.41) is 8.61. The number of carboxylic acids is 1. The molecule has 0 unspecified atom stereocenters. The summed E-state index contributed by atoms with van der Waals surface area (Å²) in [5.41, 5.74) is 3.56. The molecule has 0 radical (unpaired) electrons. The molecular formula is C17H18O3S. The summed E-state index contributed by atoms with van der Waals surface area (Å²) in [6, 6.07) is 8.05. The quantitative estimate of drug-likeness (QED) is 0.835. The number of hydrogen-bond acceptors (Lipinski definition) is 3. The molecular weight excluding hydrogens is 284 g/mol. The number of aliphatic carboxylic acids is 1. The lowest BCUT2D eigenvalue weighted by molar-refractivity contribution is -0.131. The van der Waals surface area contributed by atoms with Gasteiger partial charge in [0.2, 0.25) is 0 Å². The normalized spacial score (nSPS) is 11.0. The van der Waals surface area contributed by atoms with Gasteiger partial charge in [0, 0.05) is 15.8 Å². The van der Waals surface area contributed by atoms with Gasteiger partial charge in [-0.1, -0.05) is 6.07 Å². The van der Waals surface area contributed by atoms with Gasteiger partial charge >= 0.3 is 5.97 Å². The van der Waals surface area contributed by atoms with Gasteiger partial charge in [0.25, 0.3) is 0 Å². The van der Waals surface area contributed by atoms with Crippen LogP contribution >= 0.6 is 11.3 Å². The molecule has 1 N–H and O–H groups in total. The number of carbonyl (C=O) groups is 1. The molecule has 0 bridgehead atoms. The first-order valence-corrected chi connectivity index (χ1v) is 7.47. The van der Waals surface area contributed by atoms with E-state index in [9.17, 15) is 4.79 Å². The second-order valence-corrected chi connectivity index (χ2v) is 6.17. The summed E-state index contributed by atoms with van der Waals surface area (Å²) in [5.74, 6) is -0.0319. The predicted octanol–water partition coefficient (Wildman–Crippen LogP) is 4.35. The lowest BCUT2D eigenvalue weighted by Crippen LogP contribution is -1.97. The van der Waals surface area contributed by atoms with Gasteiger partial charge in [-0.3, -0.25) is 0 Å². The van der Waals surface area contributed by atoms with E-state index in [1.165, 1.54) is 22.5 Å². The van der Waals surface area contributed by atoms with Gasteiger partial charge in [0.1, 0.15) is 12.4 Å². The molecule has 110 valence electrons. The second kappa shape index (κ2) is 6.59. The summed E-state index contributed by atoms with van der Waals surface area (Å²) in [6.45, 7) is 6.68. The maximum atomic E-state index is 10.5. The van der Waals surface area contributed by atoms with Crippen LogP contribution in [0.2, 0.25) is 0 Å². The molecule has 0 saturated heterocycles. The van der Waals surface area contributed by atoms with E-state index in [4.69, 9.17) is 9.84 Å². The number of hydrogen-bond donors (Lipinski definition) is 1. The zero-order chi connectivity index (χ0) is 15.4. The Morgan fingerprint density at radius 2 is 2.05 bits per heavy atom. The average molecular weight is 302 g/mol. The zero-order valence-electron chi connectivity index (χ0n) is 12.3. The van der Waals surface area contributed by atoms with Gasteiger partial charge in [-0.25, -0.2) is 4.79 Å². The first-order chi connectivity index (χ1) is 9.95. The zero-order valence-corrected chi connectivity index (χ0v) is 13.2. The predicted molar refractivity (Wildman–Crippen MR) is 86.0 cm³/mol. The van der Waals surface area contributed by atoms with Crippen LogP contribution < -0.4 is 4.74 Å². The first kappa shape index (κ1) is 15.3. The van der Waals surface area contributed by atoms with Crippen molar-refractivity contribution in [3.63, 3.8) is 0 Å². The minimum Gasteiger partial charge on any atom is -0.488 e. The average Bonchev–Trinajstić information content (AvgIpc) is 2.87. The molecule has 0 aliphatic carbocycles. The van der Waals surface area contributed by atoms with Crippen molar-refractivity contribution >= 4 is 23.4 Å². The Balaban J connectivity index is 2.05. The molecule has 0 saturated carbocycles. The van der Waals surface area contributed by atoms with Gasteiger partial charge in [-0.15, -0.1) is 11.3 Å². The van der Waals surface area contributed by atoms with Crippen molar-refractivity contribution in [1.82, 2.24) is 0 Å². The van der Waals surface area contributed by atoms with Crippen molar-refractivity contribution in [2.75, 3.05) is 0 Å². The highest BCUT2D eigenvalue weighted by atomic mass is 32.1. The molecule has 2 aromatic rings. The summed E-state index contributed by atoms with van der Waals surface area (Å²) >= 11 is 1.53. The minimum atomic E-state index is -0.938. The molecule has 1 heterocycles. The molecule has 0 fully saturated rings. The maximum absolute atomic E-state index is 10.5. The molecule has 4 heteroatoms. The molecule has 1 aromatic carbocycles. The third-order valence-electron chi connectivity index (χ3n) is 3.21. The summed E-state index contributed by atoms with van der Waals surface area (Å²) in [6.07, 6.45) is 2.74. The van der Waals surface area contributed by atoms with E-state index in [1.54, 1.807) is 6.08 Å². The van der Waals surface area contributed by atoms with Crippen LogP contribution in [0.5, 0.6) is 5.75 Å². The van der Waals surface area contributed by atoms with Crippen molar-refractivity contribution in [2.45, 2.75) is 27.4 Å². The Morgan fingerprint density at radius 1 is 1.29 bits per heavy atom. The number of carboxylic acid groups (broad SMARTS) is 1. The van der Waals surface area contributed by atoms with Crippen LogP contribution in [0, 0.1) is 20.8 Å². The number of benzene rings is 1. The first-order valence-electron chi connectivity index (χ1n) is 6.66. The highest BCUT2D eigenvalue weighted by Gasteiger charge is 2.05. The highest BCUT2D eigenvalue weighted by molar-refractivity contribution is 7.12. The van der Waals surface area contributed by atoms with Gasteiger partial charge in [-0.05, 0) is 61.7 Å². The van der Waals surface area contributed by atoms with Gasteiger partial charge in [0.15, 0.2) is 0 Å². The van der Waals surface area contributed by atoms with E-state index in [0.717, 1.165) is 27.1 Å². The number of ether oxygens (including phenoxy) is 1. The van der Waals surface area contributed by atoms with Crippen LogP contribution in [0.15, 0.2) is 30.3 Å². The van der Waals surface area contributed by atoms with Crippen LogP contribution in [0.25, 0.3) is 6.08 Å². The molecule has 0 aliphatic heterocycles. The fourth-order valence-electron chi connectivity index (χ4n) is 2.01. The van der Waals surface area contributed by atoms with Gasteiger partial charge in [-0.2, -0.15) is 0 Å². The Morgan fingerprint density at radius 3 is 2.76 bits per heavy atom. The van der Waals surface area contributed by atoms with Crippen LogP contribution in [-0.2, 0) is 11.4 Å². The lowest BCUT2D eigenvalue weighted by Gasteiger charge is -2.11. The van der Waals surface area contributed by atoms with Crippen molar-refractivity contribution in [3.8, 4) is 5.75 Å². The Hall–Kier alpha value is -2.07. The molecule has 3 nitrogen and oxygen atoms in total.